The number of aromatic amines is 1. The highest BCUT2D eigenvalue weighted by molar-refractivity contribution is 5.79. The van der Waals surface area contributed by atoms with E-state index in [1.54, 1.807) is 12.1 Å². The second kappa shape index (κ2) is 3.42. The van der Waals surface area contributed by atoms with E-state index in [9.17, 15) is 4.79 Å². The topological polar surface area (TPSA) is 78.8 Å². The van der Waals surface area contributed by atoms with Crippen molar-refractivity contribution in [2.45, 2.75) is 0 Å². The van der Waals surface area contributed by atoms with Gasteiger partial charge in [0.25, 0.3) is 5.56 Å². The number of methoxy groups -OCH3 is 1. The molecular formula is C10H7N3O2. The molecular weight excluding hydrogens is 194 g/mol. The van der Waals surface area contributed by atoms with Crippen molar-refractivity contribution in [3.63, 3.8) is 0 Å². The van der Waals surface area contributed by atoms with Crippen LogP contribution in [-0.4, -0.2) is 17.1 Å². The first kappa shape index (κ1) is 9.21. The number of hydrogen-bond donors (Lipinski definition) is 1. The largest absolute Gasteiger partial charge is 0.480 e. The zero-order valence-electron chi connectivity index (χ0n) is 7.94. The monoisotopic (exact) mass is 201 g/mol. The first-order valence-electron chi connectivity index (χ1n) is 4.23. The van der Waals surface area contributed by atoms with Crippen LogP contribution in [0.2, 0.25) is 0 Å². The molecule has 0 aliphatic heterocycles. The minimum Gasteiger partial charge on any atom is -0.480 e. The second-order valence-corrected chi connectivity index (χ2v) is 2.90. The van der Waals surface area contributed by atoms with Crippen LogP contribution in [-0.2, 0) is 0 Å². The maximum atomic E-state index is 11.4. The lowest BCUT2D eigenvalue weighted by molar-refractivity contribution is 0.398. The lowest BCUT2D eigenvalue weighted by atomic mass is 10.2. The number of nitrogens with one attached hydrogen (secondary N) is 1. The van der Waals surface area contributed by atoms with Crippen molar-refractivity contribution in [3.8, 4) is 11.9 Å². The average molecular weight is 201 g/mol. The molecule has 0 aliphatic rings. The molecule has 0 atom stereocenters. The van der Waals surface area contributed by atoms with Gasteiger partial charge in [-0.15, -0.1) is 0 Å². The Morgan fingerprint density at radius 2 is 2.40 bits per heavy atom. The van der Waals surface area contributed by atoms with Gasteiger partial charge in [0.1, 0.15) is 17.1 Å². The molecule has 15 heavy (non-hydrogen) atoms. The molecule has 1 N–H and O–H groups in total. The Morgan fingerprint density at radius 3 is 3.07 bits per heavy atom. The number of nitriles is 1. The fourth-order valence-electron chi connectivity index (χ4n) is 1.33. The Morgan fingerprint density at radius 1 is 1.60 bits per heavy atom. The quantitative estimate of drug-likeness (QED) is 0.740. The minimum atomic E-state index is -0.296. The van der Waals surface area contributed by atoms with Crippen LogP contribution < -0.4 is 10.3 Å². The molecule has 0 bridgehead atoms. The van der Waals surface area contributed by atoms with Crippen molar-refractivity contribution >= 4 is 10.9 Å². The summed E-state index contributed by atoms with van der Waals surface area (Å²) in [6.45, 7) is 0. The molecule has 0 amide bonds. The van der Waals surface area contributed by atoms with Gasteiger partial charge in [0.2, 0.25) is 5.88 Å². The number of rotatable bonds is 1. The van der Waals surface area contributed by atoms with Gasteiger partial charge in [-0.2, -0.15) is 5.26 Å². The third kappa shape index (κ3) is 1.42. The lowest BCUT2D eigenvalue weighted by Gasteiger charge is -2.02. The summed E-state index contributed by atoms with van der Waals surface area (Å²) in [6, 6.07) is 5.22. The molecule has 2 aromatic rings. The Labute approximate surface area is 84.9 Å². The van der Waals surface area contributed by atoms with Crippen LogP contribution in [0.25, 0.3) is 10.9 Å². The Balaban J connectivity index is 2.89. The zero-order chi connectivity index (χ0) is 10.8. The van der Waals surface area contributed by atoms with Crippen LogP contribution in [0.1, 0.15) is 5.56 Å². The minimum absolute atomic E-state index is 0.168. The van der Waals surface area contributed by atoms with Gasteiger partial charge in [0, 0.05) is 11.6 Å². The molecule has 0 spiro atoms. The van der Waals surface area contributed by atoms with Crippen LogP contribution in [0.15, 0.2) is 23.1 Å². The van der Waals surface area contributed by atoms with Crippen molar-refractivity contribution in [1.82, 2.24) is 9.97 Å². The Bertz CT molecular complexity index is 610. The first-order valence-corrected chi connectivity index (χ1v) is 4.23. The summed E-state index contributed by atoms with van der Waals surface area (Å²) in [5.41, 5.74) is 0.291. The number of H-pyrrole nitrogens is 1. The van der Waals surface area contributed by atoms with Crippen molar-refractivity contribution in [3.05, 3.63) is 34.2 Å². The maximum Gasteiger partial charge on any atom is 0.274 e. The average Bonchev–Trinajstić information content (AvgIpc) is 2.28. The zero-order valence-corrected chi connectivity index (χ0v) is 7.94. The SMILES string of the molecule is COc1nc2c(=O)[nH]ccc2cc1C#N. The van der Waals surface area contributed by atoms with E-state index in [0.29, 0.717) is 10.9 Å². The first-order chi connectivity index (χ1) is 7.26. The number of hydrogen-bond acceptors (Lipinski definition) is 4. The molecule has 0 saturated carbocycles. The Hall–Kier alpha value is -2.35. The van der Waals surface area contributed by atoms with Gasteiger partial charge < -0.3 is 9.72 Å². The molecule has 74 valence electrons. The summed E-state index contributed by atoms with van der Waals surface area (Å²) in [7, 11) is 1.41. The predicted molar refractivity (Wildman–Crippen MR) is 53.6 cm³/mol. The van der Waals surface area contributed by atoms with E-state index in [-0.39, 0.29) is 17.0 Å². The van der Waals surface area contributed by atoms with Crippen molar-refractivity contribution in [2.75, 3.05) is 7.11 Å². The Kier molecular flexibility index (Phi) is 2.10. The molecule has 0 aliphatic carbocycles. The highest BCUT2D eigenvalue weighted by Gasteiger charge is 2.08. The van der Waals surface area contributed by atoms with Gasteiger partial charge in [-0.05, 0) is 12.1 Å². The number of pyridine rings is 2. The third-order valence-electron chi connectivity index (χ3n) is 2.02. The van der Waals surface area contributed by atoms with Crippen LogP contribution in [0.5, 0.6) is 5.88 Å². The van der Waals surface area contributed by atoms with Gasteiger partial charge in [0.15, 0.2) is 0 Å². The highest BCUT2D eigenvalue weighted by Crippen LogP contribution is 2.18. The fraction of sp³-hybridized carbons (Fsp3) is 0.100. The summed E-state index contributed by atoms with van der Waals surface area (Å²) in [5, 5.41) is 9.44. The number of fused-ring (bicyclic) bond motifs is 1. The van der Waals surface area contributed by atoms with E-state index >= 15 is 0 Å². The maximum absolute atomic E-state index is 11.4. The third-order valence-corrected chi connectivity index (χ3v) is 2.02. The van der Waals surface area contributed by atoms with E-state index in [1.165, 1.54) is 13.3 Å². The molecule has 2 aromatic heterocycles. The number of aromatic nitrogens is 2. The molecule has 0 aromatic carbocycles. The van der Waals surface area contributed by atoms with E-state index in [2.05, 4.69) is 9.97 Å². The normalized spacial score (nSPS) is 9.87. The summed E-state index contributed by atoms with van der Waals surface area (Å²) in [6.07, 6.45) is 1.51. The van der Waals surface area contributed by atoms with Crippen LogP contribution in [0.3, 0.4) is 0 Å². The van der Waals surface area contributed by atoms with Crippen molar-refractivity contribution < 1.29 is 4.74 Å². The summed E-state index contributed by atoms with van der Waals surface area (Å²) < 4.78 is 4.91. The summed E-state index contributed by atoms with van der Waals surface area (Å²) in [4.78, 5) is 17.9. The van der Waals surface area contributed by atoms with Crippen LogP contribution >= 0.6 is 0 Å². The molecule has 0 radical (unpaired) electrons. The fourth-order valence-corrected chi connectivity index (χ4v) is 1.33. The van der Waals surface area contributed by atoms with Crippen LogP contribution in [0.4, 0.5) is 0 Å². The molecule has 0 saturated heterocycles. The summed E-state index contributed by atoms with van der Waals surface area (Å²) >= 11 is 0. The van der Waals surface area contributed by atoms with Gasteiger partial charge in [0.05, 0.1) is 7.11 Å². The van der Waals surface area contributed by atoms with Gasteiger partial charge in [-0.1, -0.05) is 0 Å². The highest BCUT2D eigenvalue weighted by atomic mass is 16.5. The molecule has 0 unspecified atom stereocenters. The molecule has 2 rings (SSSR count). The van der Waals surface area contributed by atoms with E-state index < -0.39 is 0 Å². The molecule has 2 heterocycles. The molecule has 5 nitrogen and oxygen atoms in total. The number of ether oxygens (including phenoxy) is 1. The predicted octanol–water partition coefficient (Wildman–Crippen LogP) is 0.803. The van der Waals surface area contributed by atoms with Gasteiger partial charge in [-0.3, -0.25) is 4.79 Å². The van der Waals surface area contributed by atoms with Gasteiger partial charge >= 0.3 is 0 Å². The van der Waals surface area contributed by atoms with Gasteiger partial charge in [-0.25, -0.2) is 4.98 Å². The lowest BCUT2D eigenvalue weighted by Crippen LogP contribution is -2.07. The standard InChI is InChI=1S/C10H7N3O2/c1-15-10-7(5-11)4-6-2-3-12-9(14)8(6)13-10/h2-4H,1H3,(H,12,14). The summed E-state index contributed by atoms with van der Waals surface area (Å²) in [5.74, 6) is 0.168. The second-order valence-electron chi connectivity index (χ2n) is 2.90. The smallest absolute Gasteiger partial charge is 0.274 e. The molecule has 0 fully saturated rings. The van der Waals surface area contributed by atoms with Crippen LogP contribution in [0, 0.1) is 11.3 Å². The van der Waals surface area contributed by atoms with E-state index in [4.69, 9.17) is 10.00 Å². The van der Waals surface area contributed by atoms with Crippen molar-refractivity contribution in [1.29, 1.82) is 5.26 Å². The van der Waals surface area contributed by atoms with E-state index in [0.717, 1.165) is 0 Å². The number of nitrogens with zero attached hydrogens (tertiary/aromatic N) is 2. The van der Waals surface area contributed by atoms with E-state index in [1.807, 2.05) is 6.07 Å². The van der Waals surface area contributed by atoms with Crippen molar-refractivity contribution in [2.24, 2.45) is 0 Å². The molecule has 5 heteroatoms.